The molecule has 1 aliphatic rings. The molecule has 1 N–H and O–H groups in total. The van der Waals surface area contributed by atoms with Crippen LogP contribution in [0.25, 0.3) is 0 Å². The number of rotatable bonds is 5. The van der Waals surface area contributed by atoms with Gasteiger partial charge in [-0.1, -0.05) is 67.3 Å². The maximum Gasteiger partial charge on any atom is 0.321 e. The van der Waals surface area contributed by atoms with Gasteiger partial charge in [-0.15, -0.1) is 0 Å². The summed E-state index contributed by atoms with van der Waals surface area (Å²) in [4.78, 5) is 24.8. The normalized spacial score (nSPS) is 21.8. The number of ether oxygens (including phenoxy) is 1. The molecule has 2 aromatic rings. The van der Waals surface area contributed by atoms with Crippen molar-refractivity contribution >= 4 is 11.9 Å². The molecule has 1 aliphatic carbocycles. The molecule has 0 radical (unpaired) electrons. The minimum Gasteiger partial charge on any atom is -0.481 e. The molecule has 0 fully saturated rings. The highest BCUT2D eigenvalue weighted by Crippen LogP contribution is 2.47. The lowest BCUT2D eigenvalue weighted by molar-refractivity contribution is -0.149. The van der Waals surface area contributed by atoms with E-state index in [1.807, 2.05) is 48.5 Å². The Morgan fingerprint density at radius 2 is 1.84 bits per heavy atom. The van der Waals surface area contributed by atoms with Crippen LogP contribution in [0.3, 0.4) is 0 Å². The summed E-state index contributed by atoms with van der Waals surface area (Å²) in [6, 6.07) is 16.7. The third-order valence-corrected chi connectivity index (χ3v) is 4.85. The number of benzene rings is 2. The van der Waals surface area contributed by atoms with E-state index in [1.165, 1.54) is 6.08 Å². The van der Waals surface area contributed by atoms with Crippen LogP contribution < -0.4 is 0 Å². The maximum atomic E-state index is 13.1. The molecule has 128 valence electrons. The van der Waals surface area contributed by atoms with Crippen molar-refractivity contribution in [3.05, 3.63) is 83.9 Å². The van der Waals surface area contributed by atoms with Gasteiger partial charge in [-0.2, -0.15) is 0 Å². The second kappa shape index (κ2) is 6.93. The highest BCUT2D eigenvalue weighted by atomic mass is 16.5. The Kier molecular flexibility index (Phi) is 4.70. The van der Waals surface area contributed by atoms with Gasteiger partial charge in [0.2, 0.25) is 0 Å². The van der Waals surface area contributed by atoms with Crippen LogP contribution in [-0.4, -0.2) is 23.7 Å². The number of carboxylic acids is 1. The number of carbonyl (C=O) groups excluding carboxylic acids is 1. The van der Waals surface area contributed by atoms with Gasteiger partial charge in [-0.25, -0.2) is 0 Å². The van der Waals surface area contributed by atoms with Crippen molar-refractivity contribution in [1.29, 1.82) is 0 Å². The lowest BCUT2D eigenvalue weighted by Crippen LogP contribution is -2.43. The first-order valence-corrected chi connectivity index (χ1v) is 8.27. The molecule has 2 aromatic carbocycles. The second-order valence-corrected chi connectivity index (χ2v) is 6.18. The van der Waals surface area contributed by atoms with Gasteiger partial charge in [-0.05, 0) is 29.5 Å². The van der Waals surface area contributed by atoms with Crippen LogP contribution in [0.5, 0.6) is 0 Å². The van der Waals surface area contributed by atoms with Crippen LogP contribution >= 0.6 is 0 Å². The van der Waals surface area contributed by atoms with Crippen LogP contribution in [0.4, 0.5) is 0 Å². The van der Waals surface area contributed by atoms with Crippen LogP contribution in [0.1, 0.15) is 35.4 Å². The van der Waals surface area contributed by atoms with Crippen molar-refractivity contribution in [2.45, 2.75) is 24.2 Å². The van der Waals surface area contributed by atoms with Gasteiger partial charge in [0.05, 0.1) is 5.92 Å². The molecule has 4 heteroatoms. The standard InChI is InChI=1S/C21H20O4/c1-2-14-25-20(24)21(15-8-4-3-5-9-15)13-12-17(19(22)23)16-10-6-7-11-18(16)21/h2-11,17H,1,12-14H2,(H,22,23)/t17-,21?/m1/s1. The van der Waals surface area contributed by atoms with Gasteiger partial charge in [0.25, 0.3) is 0 Å². The first kappa shape index (κ1) is 17.0. The lowest BCUT2D eigenvalue weighted by Gasteiger charge is -2.39. The Hall–Kier alpha value is -2.88. The van der Waals surface area contributed by atoms with Crippen LogP contribution in [0.2, 0.25) is 0 Å². The fraction of sp³-hybridized carbons (Fsp3) is 0.238. The van der Waals surface area contributed by atoms with E-state index >= 15 is 0 Å². The Balaban J connectivity index is 2.21. The van der Waals surface area contributed by atoms with Crippen molar-refractivity contribution in [2.75, 3.05) is 6.61 Å². The first-order chi connectivity index (χ1) is 12.1. The van der Waals surface area contributed by atoms with E-state index in [0.717, 1.165) is 5.56 Å². The Labute approximate surface area is 146 Å². The molecule has 0 aromatic heterocycles. The number of esters is 1. The lowest BCUT2D eigenvalue weighted by atomic mass is 9.63. The molecule has 0 aliphatic heterocycles. The third kappa shape index (κ3) is 2.84. The molecule has 0 saturated heterocycles. The molecular weight excluding hydrogens is 316 g/mol. The summed E-state index contributed by atoms with van der Waals surface area (Å²) in [6.45, 7) is 3.72. The molecule has 0 amide bonds. The zero-order valence-electron chi connectivity index (χ0n) is 13.9. The summed E-state index contributed by atoms with van der Waals surface area (Å²) in [7, 11) is 0. The highest BCUT2D eigenvalue weighted by Gasteiger charge is 2.49. The van der Waals surface area contributed by atoms with Gasteiger partial charge in [0.15, 0.2) is 0 Å². The molecule has 0 saturated carbocycles. The summed E-state index contributed by atoms with van der Waals surface area (Å²) < 4.78 is 5.44. The number of carboxylic acid groups (broad SMARTS) is 1. The largest absolute Gasteiger partial charge is 0.481 e. The average molecular weight is 336 g/mol. The summed E-state index contributed by atoms with van der Waals surface area (Å²) in [6.07, 6.45) is 2.30. The highest BCUT2D eigenvalue weighted by molar-refractivity contribution is 5.90. The second-order valence-electron chi connectivity index (χ2n) is 6.18. The van der Waals surface area contributed by atoms with E-state index in [1.54, 1.807) is 6.07 Å². The van der Waals surface area contributed by atoms with Gasteiger partial charge in [0.1, 0.15) is 12.0 Å². The number of hydrogen-bond acceptors (Lipinski definition) is 3. The fourth-order valence-corrected chi connectivity index (χ4v) is 3.71. The predicted molar refractivity (Wildman–Crippen MR) is 94.4 cm³/mol. The van der Waals surface area contributed by atoms with Crippen molar-refractivity contribution in [1.82, 2.24) is 0 Å². The van der Waals surface area contributed by atoms with Crippen molar-refractivity contribution in [3.63, 3.8) is 0 Å². The summed E-state index contributed by atoms with van der Waals surface area (Å²) >= 11 is 0. The first-order valence-electron chi connectivity index (χ1n) is 8.27. The summed E-state index contributed by atoms with van der Waals surface area (Å²) in [5, 5.41) is 9.58. The number of aliphatic carboxylic acids is 1. The summed E-state index contributed by atoms with van der Waals surface area (Å²) in [5.41, 5.74) is 1.22. The molecule has 4 nitrogen and oxygen atoms in total. The smallest absolute Gasteiger partial charge is 0.321 e. The Bertz CT molecular complexity index is 797. The minimum atomic E-state index is -0.993. The van der Waals surface area contributed by atoms with Gasteiger partial charge in [0, 0.05) is 0 Å². The number of hydrogen-bond donors (Lipinski definition) is 1. The Morgan fingerprint density at radius 3 is 2.52 bits per heavy atom. The van der Waals surface area contributed by atoms with Crippen molar-refractivity contribution < 1.29 is 19.4 Å². The van der Waals surface area contributed by atoms with Gasteiger partial charge >= 0.3 is 11.9 Å². The average Bonchev–Trinajstić information content (AvgIpc) is 2.65. The van der Waals surface area contributed by atoms with E-state index in [0.29, 0.717) is 24.0 Å². The maximum absolute atomic E-state index is 13.1. The number of carbonyl (C=O) groups is 2. The molecular formula is C21H20O4. The monoisotopic (exact) mass is 336 g/mol. The molecule has 3 rings (SSSR count). The Morgan fingerprint density at radius 1 is 1.16 bits per heavy atom. The third-order valence-electron chi connectivity index (χ3n) is 4.85. The fourth-order valence-electron chi connectivity index (χ4n) is 3.71. The van der Waals surface area contributed by atoms with Crippen molar-refractivity contribution in [2.24, 2.45) is 0 Å². The number of fused-ring (bicyclic) bond motifs is 1. The molecule has 0 heterocycles. The van der Waals surface area contributed by atoms with Crippen molar-refractivity contribution in [3.8, 4) is 0 Å². The summed E-state index contributed by atoms with van der Waals surface area (Å²) in [5.74, 6) is -1.84. The van der Waals surface area contributed by atoms with Gasteiger partial charge in [-0.3, -0.25) is 9.59 Å². The van der Waals surface area contributed by atoms with Crippen LogP contribution in [-0.2, 0) is 19.7 Å². The zero-order chi connectivity index (χ0) is 17.9. The minimum absolute atomic E-state index is 0.123. The molecule has 0 bridgehead atoms. The van der Waals surface area contributed by atoms with Crippen LogP contribution in [0, 0.1) is 0 Å². The molecule has 2 atom stereocenters. The van der Waals surface area contributed by atoms with E-state index in [4.69, 9.17) is 4.74 Å². The molecule has 1 unspecified atom stereocenters. The van der Waals surface area contributed by atoms with Crippen LogP contribution in [0.15, 0.2) is 67.3 Å². The molecule has 25 heavy (non-hydrogen) atoms. The predicted octanol–water partition coefficient (Wildman–Crippen LogP) is 3.66. The van der Waals surface area contributed by atoms with E-state index < -0.39 is 17.3 Å². The van der Waals surface area contributed by atoms with Gasteiger partial charge < -0.3 is 9.84 Å². The van der Waals surface area contributed by atoms with E-state index in [9.17, 15) is 14.7 Å². The van der Waals surface area contributed by atoms with E-state index in [-0.39, 0.29) is 12.6 Å². The zero-order valence-corrected chi connectivity index (χ0v) is 13.9. The van der Waals surface area contributed by atoms with E-state index in [2.05, 4.69) is 6.58 Å². The topological polar surface area (TPSA) is 63.6 Å². The molecule has 0 spiro atoms. The quantitative estimate of drug-likeness (QED) is 0.668. The SMILES string of the molecule is C=CCOC(=O)C1(c2ccccc2)CC[C@@H](C(=O)O)c2ccccc21.